The summed E-state index contributed by atoms with van der Waals surface area (Å²) in [6.45, 7) is 2.34. The van der Waals surface area contributed by atoms with Gasteiger partial charge in [-0.2, -0.15) is 0 Å². The van der Waals surface area contributed by atoms with Crippen molar-refractivity contribution in [3.8, 4) is 0 Å². The summed E-state index contributed by atoms with van der Waals surface area (Å²) in [7, 11) is -2.71. The third kappa shape index (κ3) is 4.25. The maximum absolute atomic E-state index is 11.4. The predicted octanol–water partition coefficient (Wildman–Crippen LogP) is 2.12. The molecule has 1 aliphatic heterocycles. The van der Waals surface area contributed by atoms with Crippen LogP contribution in [0.4, 0.5) is 0 Å². The molecule has 17 heavy (non-hydrogen) atoms. The Kier molecular flexibility index (Phi) is 4.47. The summed E-state index contributed by atoms with van der Waals surface area (Å²) < 4.78 is 22.7. The lowest BCUT2D eigenvalue weighted by atomic mass is 10.0. The molecule has 2 fully saturated rings. The van der Waals surface area contributed by atoms with E-state index in [2.05, 4.69) is 12.2 Å². The monoisotopic (exact) mass is 259 g/mol. The highest BCUT2D eigenvalue weighted by molar-refractivity contribution is 7.91. The molecule has 0 aromatic carbocycles. The second kappa shape index (κ2) is 5.70. The number of rotatable bonds is 2. The zero-order chi connectivity index (χ0) is 12.3. The quantitative estimate of drug-likeness (QED) is 0.773. The van der Waals surface area contributed by atoms with Gasteiger partial charge in [-0.3, -0.25) is 0 Å². The summed E-state index contributed by atoms with van der Waals surface area (Å²) in [4.78, 5) is 0. The summed E-state index contributed by atoms with van der Waals surface area (Å²) in [5, 5.41) is 3.69. The van der Waals surface area contributed by atoms with Crippen molar-refractivity contribution >= 4 is 9.84 Å². The number of hydrogen-bond donors (Lipinski definition) is 1. The molecule has 0 aromatic rings. The molecule has 4 heteroatoms. The Balaban J connectivity index is 1.77. The second-order valence-electron chi connectivity index (χ2n) is 5.90. The van der Waals surface area contributed by atoms with Crippen molar-refractivity contribution in [2.24, 2.45) is 5.92 Å². The van der Waals surface area contributed by atoms with Crippen LogP contribution in [0.3, 0.4) is 0 Å². The lowest BCUT2D eigenvalue weighted by molar-refractivity contribution is 0.368. The molecule has 0 amide bonds. The van der Waals surface area contributed by atoms with Crippen molar-refractivity contribution < 1.29 is 8.42 Å². The Bertz CT molecular complexity index is 325. The molecule has 0 spiro atoms. The average Bonchev–Trinajstić information content (AvgIpc) is 2.47. The van der Waals surface area contributed by atoms with Crippen LogP contribution in [0.1, 0.15) is 51.9 Å². The first-order chi connectivity index (χ1) is 8.05. The van der Waals surface area contributed by atoms with Gasteiger partial charge < -0.3 is 5.32 Å². The van der Waals surface area contributed by atoms with E-state index < -0.39 is 9.84 Å². The fraction of sp³-hybridized carbons (Fsp3) is 1.00. The Morgan fingerprint density at radius 2 is 1.53 bits per heavy atom. The SMILES string of the molecule is CC1CCCC(NC2CCS(=O)(=O)CC2)CC1. The highest BCUT2D eigenvalue weighted by atomic mass is 32.2. The molecule has 3 nitrogen and oxygen atoms in total. The van der Waals surface area contributed by atoms with E-state index in [9.17, 15) is 8.42 Å². The van der Waals surface area contributed by atoms with Gasteiger partial charge in [0.2, 0.25) is 0 Å². The van der Waals surface area contributed by atoms with Crippen molar-refractivity contribution in [1.29, 1.82) is 0 Å². The smallest absolute Gasteiger partial charge is 0.150 e. The van der Waals surface area contributed by atoms with E-state index in [0.29, 0.717) is 23.6 Å². The van der Waals surface area contributed by atoms with Crippen LogP contribution in [0.5, 0.6) is 0 Å². The summed E-state index contributed by atoms with van der Waals surface area (Å²) in [5.74, 6) is 1.63. The van der Waals surface area contributed by atoms with Gasteiger partial charge in [0.25, 0.3) is 0 Å². The summed E-state index contributed by atoms with van der Waals surface area (Å²) in [6.07, 6.45) is 8.17. The molecule has 1 N–H and O–H groups in total. The minimum atomic E-state index is -2.71. The molecule has 2 aliphatic rings. The zero-order valence-electron chi connectivity index (χ0n) is 10.8. The molecule has 2 unspecified atom stereocenters. The van der Waals surface area contributed by atoms with Gasteiger partial charge in [0.1, 0.15) is 9.84 Å². The van der Waals surface area contributed by atoms with Crippen LogP contribution in [0.15, 0.2) is 0 Å². The summed E-state index contributed by atoms with van der Waals surface area (Å²) >= 11 is 0. The maximum atomic E-state index is 11.4. The van der Waals surface area contributed by atoms with E-state index in [1.165, 1.54) is 32.1 Å². The molecular weight excluding hydrogens is 234 g/mol. The van der Waals surface area contributed by atoms with Crippen LogP contribution in [0.2, 0.25) is 0 Å². The van der Waals surface area contributed by atoms with E-state index in [1.54, 1.807) is 0 Å². The fourth-order valence-electron chi connectivity index (χ4n) is 3.04. The van der Waals surface area contributed by atoms with Gasteiger partial charge in [0, 0.05) is 12.1 Å². The van der Waals surface area contributed by atoms with Crippen molar-refractivity contribution in [1.82, 2.24) is 5.32 Å². The minimum absolute atomic E-state index is 0.383. The normalized spacial score (nSPS) is 35.4. The van der Waals surface area contributed by atoms with Crippen LogP contribution >= 0.6 is 0 Å². The topological polar surface area (TPSA) is 46.2 Å². The van der Waals surface area contributed by atoms with Gasteiger partial charge in [-0.1, -0.05) is 19.8 Å². The lowest BCUT2D eigenvalue weighted by Crippen LogP contribution is -2.43. The van der Waals surface area contributed by atoms with E-state index in [-0.39, 0.29) is 0 Å². The number of hydrogen-bond acceptors (Lipinski definition) is 3. The van der Waals surface area contributed by atoms with Crippen LogP contribution < -0.4 is 5.32 Å². The second-order valence-corrected chi connectivity index (χ2v) is 8.21. The van der Waals surface area contributed by atoms with E-state index in [1.807, 2.05) is 0 Å². The molecule has 1 aliphatic carbocycles. The molecule has 1 heterocycles. The van der Waals surface area contributed by atoms with Crippen LogP contribution in [0, 0.1) is 5.92 Å². The molecule has 2 rings (SSSR count). The molecule has 0 radical (unpaired) electrons. The Labute approximate surface area is 105 Å². The first-order valence-corrected chi connectivity index (χ1v) is 8.84. The third-order valence-electron chi connectivity index (χ3n) is 4.28. The van der Waals surface area contributed by atoms with Gasteiger partial charge in [-0.15, -0.1) is 0 Å². The Hall–Kier alpha value is -0.0900. The zero-order valence-corrected chi connectivity index (χ0v) is 11.6. The van der Waals surface area contributed by atoms with Gasteiger partial charge in [0.05, 0.1) is 11.5 Å². The first kappa shape index (κ1) is 13.3. The molecule has 1 saturated carbocycles. The van der Waals surface area contributed by atoms with Crippen molar-refractivity contribution in [2.45, 2.75) is 64.0 Å². The van der Waals surface area contributed by atoms with Gasteiger partial charge in [-0.05, 0) is 38.0 Å². The molecular formula is C13H25NO2S. The largest absolute Gasteiger partial charge is 0.311 e. The Morgan fingerprint density at radius 3 is 2.24 bits per heavy atom. The van der Waals surface area contributed by atoms with Crippen LogP contribution in [-0.2, 0) is 9.84 Å². The highest BCUT2D eigenvalue weighted by Crippen LogP contribution is 2.24. The molecule has 0 bridgehead atoms. The van der Waals surface area contributed by atoms with E-state index >= 15 is 0 Å². The van der Waals surface area contributed by atoms with Gasteiger partial charge in [0.15, 0.2) is 0 Å². The molecule has 1 saturated heterocycles. The van der Waals surface area contributed by atoms with Crippen molar-refractivity contribution in [2.75, 3.05) is 11.5 Å². The number of nitrogens with one attached hydrogen (secondary N) is 1. The highest BCUT2D eigenvalue weighted by Gasteiger charge is 2.26. The minimum Gasteiger partial charge on any atom is -0.311 e. The van der Waals surface area contributed by atoms with E-state index in [0.717, 1.165) is 18.8 Å². The summed E-state index contributed by atoms with van der Waals surface area (Å²) in [6, 6.07) is 1.07. The summed E-state index contributed by atoms with van der Waals surface area (Å²) in [5.41, 5.74) is 0. The Morgan fingerprint density at radius 1 is 0.882 bits per heavy atom. The first-order valence-electron chi connectivity index (χ1n) is 7.01. The third-order valence-corrected chi connectivity index (χ3v) is 6.00. The molecule has 100 valence electrons. The van der Waals surface area contributed by atoms with E-state index in [4.69, 9.17) is 0 Å². The molecule has 0 aromatic heterocycles. The average molecular weight is 259 g/mol. The van der Waals surface area contributed by atoms with Gasteiger partial charge >= 0.3 is 0 Å². The number of sulfone groups is 1. The van der Waals surface area contributed by atoms with Crippen LogP contribution in [-0.4, -0.2) is 32.0 Å². The van der Waals surface area contributed by atoms with Crippen molar-refractivity contribution in [3.63, 3.8) is 0 Å². The van der Waals surface area contributed by atoms with Gasteiger partial charge in [-0.25, -0.2) is 8.42 Å². The lowest BCUT2D eigenvalue weighted by Gasteiger charge is -2.28. The van der Waals surface area contributed by atoms with Crippen molar-refractivity contribution in [3.05, 3.63) is 0 Å². The van der Waals surface area contributed by atoms with Crippen LogP contribution in [0.25, 0.3) is 0 Å². The standard InChI is InChI=1S/C13H25NO2S/c1-11-3-2-4-12(6-5-11)14-13-7-9-17(15,16)10-8-13/h11-14H,2-10H2,1H3. The maximum Gasteiger partial charge on any atom is 0.150 e. The molecule has 2 atom stereocenters. The predicted molar refractivity (Wildman–Crippen MR) is 70.8 cm³/mol. The fourth-order valence-corrected chi connectivity index (χ4v) is 4.54.